The summed E-state index contributed by atoms with van der Waals surface area (Å²) in [6.07, 6.45) is 0. The maximum absolute atomic E-state index is 13.5. The number of alkyl halides is 1. The molecule has 0 spiro atoms. The fourth-order valence-corrected chi connectivity index (χ4v) is 3.96. The number of benzene rings is 3. The quantitative estimate of drug-likeness (QED) is 0.352. The highest BCUT2D eigenvalue weighted by Gasteiger charge is 2.34. The number of halogens is 1. The smallest absolute Gasteiger partial charge is 0.308 e. The Morgan fingerprint density at radius 2 is 1.78 bits per heavy atom. The van der Waals surface area contributed by atoms with Crippen molar-refractivity contribution in [1.82, 2.24) is 15.1 Å². The van der Waals surface area contributed by atoms with E-state index in [2.05, 4.69) is 10.6 Å². The van der Waals surface area contributed by atoms with Crippen molar-refractivity contribution in [2.24, 2.45) is 0 Å². The minimum absolute atomic E-state index is 0.262. The van der Waals surface area contributed by atoms with E-state index in [1.54, 1.807) is 30.3 Å². The zero-order valence-electron chi connectivity index (χ0n) is 17.6. The lowest BCUT2D eigenvalue weighted by Crippen LogP contribution is -2.43. The number of nitrogens with zero attached hydrogens (tertiary/aromatic N) is 2. The molecule has 3 aromatic rings. The van der Waals surface area contributed by atoms with Gasteiger partial charge in [-0.1, -0.05) is 24.3 Å². The number of amides is 5. The Morgan fingerprint density at radius 1 is 1.03 bits per heavy atom. The molecule has 2 N–H and O–H groups in total. The predicted octanol–water partition coefficient (Wildman–Crippen LogP) is 3.04. The van der Waals surface area contributed by atoms with Crippen LogP contribution in [0.25, 0.3) is 21.5 Å². The maximum atomic E-state index is 13.5. The Morgan fingerprint density at radius 3 is 2.50 bits per heavy atom. The van der Waals surface area contributed by atoms with Gasteiger partial charge in [-0.25, -0.2) is 4.79 Å². The van der Waals surface area contributed by atoms with Gasteiger partial charge in [0.15, 0.2) is 0 Å². The van der Waals surface area contributed by atoms with Crippen molar-refractivity contribution in [2.75, 3.05) is 38.4 Å². The van der Waals surface area contributed by atoms with Gasteiger partial charge in [-0.05, 0) is 43.1 Å². The van der Waals surface area contributed by atoms with E-state index in [1.807, 2.05) is 31.1 Å². The van der Waals surface area contributed by atoms with E-state index < -0.39 is 11.9 Å². The van der Waals surface area contributed by atoms with E-state index in [4.69, 9.17) is 11.6 Å². The predicted molar refractivity (Wildman–Crippen MR) is 123 cm³/mol. The van der Waals surface area contributed by atoms with Crippen LogP contribution >= 0.6 is 11.6 Å². The molecule has 0 bridgehead atoms. The first-order valence-electron chi connectivity index (χ1n) is 9.98. The van der Waals surface area contributed by atoms with Gasteiger partial charge in [-0.3, -0.25) is 24.6 Å². The molecule has 0 aromatic heterocycles. The molecule has 164 valence electrons. The second-order valence-electron chi connectivity index (χ2n) is 7.76. The number of anilines is 1. The molecule has 4 rings (SSSR count). The fourth-order valence-electron chi connectivity index (χ4n) is 3.90. The van der Waals surface area contributed by atoms with Crippen molar-refractivity contribution in [1.29, 1.82) is 0 Å². The number of carbonyl (C=O) groups excluding carboxylic acids is 4. The molecule has 1 heterocycles. The minimum atomic E-state index is -0.722. The molecule has 3 aromatic carbocycles. The normalized spacial score (nSPS) is 13.2. The standard InChI is InChI=1S/C23H21ClN4O4/c1-27(2)9-10-28-21(30)15-7-3-5-13-11-16-14(20(19(13)15)22(28)31)6-4-8-17(16)25-23(32)26-18(29)12-24/h3-8,11H,9-10,12H2,1-2H3,(H2,25,26,29,32). The molecule has 1 aliphatic heterocycles. The van der Waals surface area contributed by atoms with Crippen LogP contribution in [0.4, 0.5) is 10.5 Å². The van der Waals surface area contributed by atoms with E-state index in [0.717, 1.165) is 0 Å². The summed E-state index contributed by atoms with van der Waals surface area (Å²) in [4.78, 5) is 53.4. The third-order valence-electron chi connectivity index (χ3n) is 5.35. The molecule has 0 radical (unpaired) electrons. The number of likely N-dealkylation sites (N-methyl/N-ethyl adjacent to an activating group) is 1. The lowest BCUT2D eigenvalue weighted by molar-refractivity contribution is -0.117. The molecule has 0 unspecified atom stereocenters. The number of carbonyl (C=O) groups is 4. The van der Waals surface area contributed by atoms with Gasteiger partial charge >= 0.3 is 6.03 Å². The Kier molecular flexibility index (Phi) is 5.82. The molecule has 32 heavy (non-hydrogen) atoms. The van der Waals surface area contributed by atoms with Gasteiger partial charge in [0.1, 0.15) is 5.88 Å². The number of imide groups is 2. The van der Waals surface area contributed by atoms with Crippen molar-refractivity contribution in [2.45, 2.75) is 0 Å². The summed E-state index contributed by atoms with van der Waals surface area (Å²) in [7, 11) is 3.75. The van der Waals surface area contributed by atoms with E-state index in [9.17, 15) is 19.2 Å². The lowest BCUT2D eigenvalue weighted by Gasteiger charge is -2.29. The topological polar surface area (TPSA) is 98.8 Å². The molecule has 9 heteroatoms. The molecule has 0 atom stereocenters. The van der Waals surface area contributed by atoms with Crippen LogP contribution in [-0.2, 0) is 4.79 Å². The van der Waals surface area contributed by atoms with Gasteiger partial charge in [0, 0.05) is 29.4 Å². The first-order chi connectivity index (χ1) is 15.3. The summed E-state index contributed by atoms with van der Waals surface area (Å²) in [5, 5.41) is 7.33. The van der Waals surface area contributed by atoms with Crippen molar-refractivity contribution in [3.63, 3.8) is 0 Å². The molecule has 0 saturated carbocycles. The van der Waals surface area contributed by atoms with Crippen LogP contribution in [0.1, 0.15) is 20.7 Å². The van der Waals surface area contributed by atoms with Crippen LogP contribution in [0.5, 0.6) is 0 Å². The number of rotatable bonds is 5. The molecule has 1 aliphatic rings. The first-order valence-corrected chi connectivity index (χ1v) is 10.5. The van der Waals surface area contributed by atoms with Gasteiger partial charge in [-0.2, -0.15) is 0 Å². The zero-order chi connectivity index (χ0) is 23.0. The third kappa shape index (κ3) is 3.79. The van der Waals surface area contributed by atoms with Crippen molar-refractivity contribution < 1.29 is 19.2 Å². The first kappa shape index (κ1) is 21.7. The van der Waals surface area contributed by atoms with Crippen molar-refractivity contribution >= 4 is 62.6 Å². The summed E-state index contributed by atoms with van der Waals surface area (Å²) in [6, 6.07) is 11.6. The fraction of sp³-hybridized carbons (Fsp3) is 0.217. The summed E-state index contributed by atoms with van der Waals surface area (Å²) < 4.78 is 0. The number of nitrogens with one attached hydrogen (secondary N) is 2. The van der Waals surface area contributed by atoms with Gasteiger partial charge in [0.2, 0.25) is 5.91 Å². The molecule has 0 saturated heterocycles. The third-order valence-corrected chi connectivity index (χ3v) is 5.59. The Balaban J connectivity index is 1.88. The molecule has 8 nitrogen and oxygen atoms in total. The van der Waals surface area contributed by atoms with Gasteiger partial charge in [0.05, 0.1) is 11.3 Å². The zero-order valence-corrected chi connectivity index (χ0v) is 18.3. The van der Waals surface area contributed by atoms with Crippen molar-refractivity contribution in [3.05, 3.63) is 53.6 Å². The Bertz CT molecular complexity index is 1290. The highest BCUT2D eigenvalue weighted by molar-refractivity contribution is 6.31. The van der Waals surface area contributed by atoms with E-state index >= 15 is 0 Å². The summed E-state index contributed by atoms with van der Waals surface area (Å²) in [6.45, 7) is 0.799. The monoisotopic (exact) mass is 452 g/mol. The second kappa shape index (κ2) is 8.57. The molecular formula is C23H21ClN4O4. The number of urea groups is 1. The van der Waals surface area contributed by atoms with E-state index in [1.165, 1.54) is 4.90 Å². The van der Waals surface area contributed by atoms with Crippen LogP contribution in [-0.4, -0.2) is 66.6 Å². The van der Waals surface area contributed by atoms with Crippen molar-refractivity contribution in [3.8, 4) is 0 Å². The second-order valence-corrected chi connectivity index (χ2v) is 8.02. The van der Waals surface area contributed by atoms with Gasteiger partial charge < -0.3 is 10.2 Å². The van der Waals surface area contributed by atoms with E-state index in [0.29, 0.717) is 44.9 Å². The number of fused-ring (bicyclic) bond motifs is 2. The molecule has 0 fully saturated rings. The van der Waals surface area contributed by atoms with E-state index in [-0.39, 0.29) is 24.2 Å². The SMILES string of the molecule is CN(C)CCN1C(=O)c2cccc3cc4c(NC(=O)NC(=O)CCl)cccc4c(c23)C1=O. The average Bonchev–Trinajstić information content (AvgIpc) is 2.76. The average molecular weight is 453 g/mol. The van der Waals surface area contributed by atoms with Crippen LogP contribution in [0.3, 0.4) is 0 Å². The molecule has 5 amide bonds. The highest BCUT2D eigenvalue weighted by Crippen LogP contribution is 2.38. The highest BCUT2D eigenvalue weighted by atomic mass is 35.5. The summed E-state index contributed by atoms with van der Waals surface area (Å²) in [5.74, 6) is -1.65. The lowest BCUT2D eigenvalue weighted by atomic mass is 9.89. The summed E-state index contributed by atoms with van der Waals surface area (Å²) in [5.41, 5.74) is 1.32. The van der Waals surface area contributed by atoms with Crippen LogP contribution in [0.2, 0.25) is 0 Å². The largest absolute Gasteiger partial charge is 0.325 e. The molecule has 0 aliphatic carbocycles. The number of hydrogen-bond donors (Lipinski definition) is 2. The minimum Gasteiger partial charge on any atom is -0.308 e. The van der Waals surface area contributed by atoms with Crippen LogP contribution in [0, 0.1) is 0 Å². The molecular weight excluding hydrogens is 432 g/mol. The van der Waals surface area contributed by atoms with Crippen LogP contribution < -0.4 is 10.6 Å². The van der Waals surface area contributed by atoms with Crippen LogP contribution in [0.15, 0.2) is 42.5 Å². The Labute approximate surface area is 189 Å². The summed E-state index contributed by atoms with van der Waals surface area (Å²) >= 11 is 5.44. The Hall–Kier alpha value is -3.49. The van der Waals surface area contributed by atoms with Gasteiger partial charge in [0.25, 0.3) is 11.8 Å². The maximum Gasteiger partial charge on any atom is 0.325 e. The van der Waals surface area contributed by atoms with Gasteiger partial charge in [-0.15, -0.1) is 11.6 Å². The number of hydrogen-bond acceptors (Lipinski definition) is 5.